The van der Waals surface area contributed by atoms with Crippen molar-refractivity contribution in [2.45, 2.75) is 13.3 Å². The summed E-state index contributed by atoms with van der Waals surface area (Å²) in [6, 6.07) is 13.1. The molecular weight excluding hydrogens is 372 g/mol. The summed E-state index contributed by atoms with van der Waals surface area (Å²) in [5, 5.41) is 3.93. The molecule has 0 aliphatic rings. The van der Waals surface area contributed by atoms with Crippen LogP contribution in [-0.4, -0.2) is 25.8 Å². The van der Waals surface area contributed by atoms with Gasteiger partial charge in [-0.3, -0.25) is 4.79 Å². The lowest BCUT2D eigenvalue weighted by Gasteiger charge is -2.06. The number of amides is 1. The number of hydrazone groups is 1. The van der Waals surface area contributed by atoms with E-state index in [1.54, 1.807) is 13.3 Å². The number of rotatable bonds is 7. The molecule has 0 saturated heterocycles. The number of carbonyl (C=O) groups excluding carboxylic acids is 1. The lowest BCUT2D eigenvalue weighted by atomic mass is 10.2. The van der Waals surface area contributed by atoms with Crippen LogP contribution < -0.4 is 14.9 Å². The smallest absolute Gasteiger partial charge is 0.277 e. The maximum absolute atomic E-state index is 11.8. The zero-order valence-electron chi connectivity index (χ0n) is 13.6. The van der Waals surface area contributed by atoms with E-state index in [4.69, 9.17) is 9.47 Å². The Morgan fingerprint density at radius 3 is 2.58 bits per heavy atom. The lowest BCUT2D eigenvalue weighted by Crippen LogP contribution is -2.24. The fourth-order valence-corrected chi connectivity index (χ4v) is 2.27. The number of carbonyl (C=O) groups is 1. The van der Waals surface area contributed by atoms with Crippen LogP contribution in [0.4, 0.5) is 0 Å². The van der Waals surface area contributed by atoms with Crippen molar-refractivity contribution < 1.29 is 14.3 Å². The van der Waals surface area contributed by atoms with Gasteiger partial charge in [-0.2, -0.15) is 5.10 Å². The van der Waals surface area contributed by atoms with Gasteiger partial charge in [0.2, 0.25) is 0 Å². The molecule has 1 amide bonds. The van der Waals surface area contributed by atoms with Crippen LogP contribution in [0.5, 0.6) is 11.5 Å². The third kappa shape index (κ3) is 5.38. The van der Waals surface area contributed by atoms with Gasteiger partial charge in [-0.1, -0.05) is 35.0 Å². The van der Waals surface area contributed by atoms with E-state index in [-0.39, 0.29) is 12.5 Å². The number of hydrogen-bond acceptors (Lipinski definition) is 4. The fraction of sp³-hybridized carbons (Fsp3) is 0.222. The van der Waals surface area contributed by atoms with E-state index in [1.165, 1.54) is 5.56 Å². The van der Waals surface area contributed by atoms with Crippen LogP contribution in [0.2, 0.25) is 0 Å². The molecule has 0 radical (unpaired) electrons. The van der Waals surface area contributed by atoms with Gasteiger partial charge in [-0.25, -0.2) is 5.43 Å². The number of methoxy groups -OCH3 is 1. The summed E-state index contributed by atoms with van der Waals surface area (Å²) < 4.78 is 11.4. The summed E-state index contributed by atoms with van der Waals surface area (Å²) in [7, 11) is 1.59. The average Bonchev–Trinajstić information content (AvgIpc) is 2.62. The van der Waals surface area contributed by atoms with Gasteiger partial charge >= 0.3 is 0 Å². The van der Waals surface area contributed by atoms with Gasteiger partial charge in [0, 0.05) is 10.0 Å². The van der Waals surface area contributed by atoms with E-state index in [0.29, 0.717) is 11.5 Å². The zero-order valence-corrected chi connectivity index (χ0v) is 15.2. The van der Waals surface area contributed by atoms with Crippen LogP contribution in [0, 0.1) is 0 Å². The highest BCUT2D eigenvalue weighted by Crippen LogP contribution is 2.20. The molecule has 2 aromatic rings. The van der Waals surface area contributed by atoms with Gasteiger partial charge in [0.25, 0.3) is 5.91 Å². The minimum absolute atomic E-state index is 0.0951. The Morgan fingerprint density at radius 2 is 1.92 bits per heavy atom. The number of nitrogens with zero attached hydrogens (tertiary/aromatic N) is 1. The molecule has 0 heterocycles. The van der Waals surface area contributed by atoms with Gasteiger partial charge in [-0.05, 0) is 42.3 Å². The Kier molecular flexibility index (Phi) is 6.81. The molecule has 0 aromatic heterocycles. The lowest BCUT2D eigenvalue weighted by molar-refractivity contribution is -0.123. The maximum atomic E-state index is 11.8. The molecule has 0 aliphatic carbocycles. The summed E-state index contributed by atoms with van der Waals surface area (Å²) in [5.74, 6) is 1.04. The third-order valence-electron chi connectivity index (χ3n) is 3.30. The summed E-state index contributed by atoms with van der Waals surface area (Å²) in [6.07, 6.45) is 2.51. The second-order valence-corrected chi connectivity index (χ2v) is 5.82. The molecule has 0 spiro atoms. The molecule has 24 heavy (non-hydrogen) atoms. The molecule has 0 fully saturated rings. The minimum atomic E-state index is -0.329. The number of ether oxygens (including phenoxy) is 2. The van der Waals surface area contributed by atoms with Crippen LogP contribution >= 0.6 is 15.9 Å². The molecule has 2 rings (SSSR count). The number of benzene rings is 2. The van der Waals surface area contributed by atoms with Crippen LogP contribution in [-0.2, 0) is 11.2 Å². The summed E-state index contributed by atoms with van der Waals surface area (Å²) in [5.41, 5.74) is 4.45. The quantitative estimate of drug-likeness (QED) is 0.580. The van der Waals surface area contributed by atoms with Gasteiger partial charge in [0.05, 0.1) is 13.3 Å². The summed E-state index contributed by atoms with van der Waals surface area (Å²) in [4.78, 5) is 11.8. The first-order valence-corrected chi connectivity index (χ1v) is 8.29. The predicted molar refractivity (Wildman–Crippen MR) is 97.7 cm³/mol. The molecule has 0 atom stereocenters. The van der Waals surface area contributed by atoms with Gasteiger partial charge in [0.15, 0.2) is 6.61 Å². The Balaban J connectivity index is 1.84. The van der Waals surface area contributed by atoms with E-state index in [9.17, 15) is 4.79 Å². The van der Waals surface area contributed by atoms with Crippen molar-refractivity contribution in [3.05, 3.63) is 58.1 Å². The molecular formula is C18H19BrN2O3. The molecule has 0 bridgehead atoms. The first kappa shape index (κ1) is 18.0. The number of halogens is 1. The first-order valence-electron chi connectivity index (χ1n) is 7.49. The van der Waals surface area contributed by atoms with E-state index >= 15 is 0 Å². The average molecular weight is 391 g/mol. The number of aryl methyl sites for hydroxylation is 1. The van der Waals surface area contributed by atoms with E-state index in [1.807, 2.05) is 42.5 Å². The molecule has 1 N–H and O–H groups in total. The van der Waals surface area contributed by atoms with Gasteiger partial charge in [-0.15, -0.1) is 0 Å². The monoisotopic (exact) mass is 390 g/mol. The third-order valence-corrected chi connectivity index (χ3v) is 4.02. The SMILES string of the molecule is CCc1ccc(OCC(=O)NN=Cc2cc(OC)ccc2Br)cc1. The van der Waals surface area contributed by atoms with Gasteiger partial charge < -0.3 is 9.47 Å². The highest BCUT2D eigenvalue weighted by Gasteiger charge is 2.03. The Labute approximate surface area is 149 Å². The standard InChI is InChI=1S/C18H19BrN2O3/c1-3-13-4-6-15(7-5-13)24-12-18(22)21-20-11-14-10-16(23-2)8-9-17(14)19/h4-11H,3,12H2,1-2H3,(H,21,22). The van der Waals surface area contributed by atoms with Crippen molar-refractivity contribution in [3.8, 4) is 11.5 Å². The normalized spacial score (nSPS) is 10.6. The highest BCUT2D eigenvalue weighted by molar-refractivity contribution is 9.10. The Bertz CT molecular complexity index is 715. The first-order chi connectivity index (χ1) is 11.6. The molecule has 6 heteroatoms. The van der Waals surface area contributed by atoms with E-state index < -0.39 is 0 Å². The summed E-state index contributed by atoms with van der Waals surface area (Å²) >= 11 is 3.42. The molecule has 0 unspecified atom stereocenters. The van der Waals surface area contributed by atoms with Crippen molar-refractivity contribution in [2.24, 2.45) is 5.10 Å². The molecule has 126 valence electrons. The Morgan fingerprint density at radius 1 is 1.21 bits per heavy atom. The minimum Gasteiger partial charge on any atom is -0.497 e. The van der Waals surface area contributed by atoms with Crippen molar-refractivity contribution in [2.75, 3.05) is 13.7 Å². The van der Waals surface area contributed by atoms with E-state index in [0.717, 1.165) is 16.5 Å². The topological polar surface area (TPSA) is 59.9 Å². The molecule has 0 saturated carbocycles. The van der Waals surface area contributed by atoms with Crippen molar-refractivity contribution in [1.29, 1.82) is 0 Å². The number of nitrogens with one attached hydrogen (secondary N) is 1. The predicted octanol–water partition coefficient (Wildman–Crippen LogP) is 3.55. The van der Waals surface area contributed by atoms with Crippen LogP contribution in [0.3, 0.4) is 0 Å². The highest BCUT2D eigenvalue weighted by atomic mass is 79.9. The Hall–Kier alpha value is -2.34. The fourth-order valence-electron chi connectivity index (χ4n) is 1.92. The van der Waals surface area contributed by atoms with Crippen molar-refractivity contribution in [3.63, 3.8) is 0 Å². The number of hydrogen-bond donors (Lipinski definition) is 1. The van der Waals surface area contributed by atoms with Crippen molar-refractivity contribution in [1.82, 2.24) is 5.43 Å². The molecule has 0 aliphatic heterocycles. The molecule has 5 nitrogen and oxygen atoms in total. The van der Waals surface area contributed by atoms with Crippen LogP contribution in [0.1, 0.15) is 18.1 Å². The van der Waals surface area contributed by atoms with Crippen LogP contribution in [0.15, 0.2) is 52.0 Å². The van der Waals surface area contributed by atoms with Crippen molar-refractivity contribution >= 4 is 28.1 Å². The maximum Gasteiger partial charge on any atom is 0.277 e. The molecule has 2 aromatic carbocycles. The summed E-state index contributed by atoms with van der Waals surface area (Å²) in [6.45, 7) is 1.99. The largest absolute Gasteiger partial charge is 0.497 e. The van der Waals surface area contributed by atoms with Crippen LogP contribution in [0.25, 0.3) is 0 Å². The zero-order chi connectivity index (χ0) is 17.4. The second kappa shape index (κ2) is 9.08. The van der Waals surface area contributed by atoms with Gasteiger partial charge in [0.1, 0.15) is 11.5 Å². The van der Waals surface area contributed by atoms with E-state index in [2.05, 4.69) is 33.4 Å². The second-order valence-electron chi connectivity index (χ2n) is 4.97.